The minimum absolute atomic E-state index is 0.251. The van der Waals surface area contributed by atoms with Crippen molar-refractivity contribution in [1.82, 2.24) is 15.4 Å². The fourth-order valence-corrected chi connectivity index (χ4v) is 3.78. The van der Waals surface area contributed by atoms with E-state index in [2.05, 4.69) is 32.5 Å². The van der Waals surface area contributed by atoms with Crippen molar-refractivity contribution in [2.45, 2.75) is 23.3 Å². The molecule has 0 atom stereocenters. The third kappa shape index (κ3) is 7.24. The zero-order valence-corrected chi connectivity index (χ0v) is 17.2. The summed E-state index contributed by atoms with van der Waals surface area (Å²) in [5, 5.41) is 6.54. The Morgan fingerprint density at radius 3 is 2.37 bits per heavy atom. The molecule has 8 heteroatoms. The van der Waals surface area contributed by atoms with Crippen molar-refractivity contribution in [2.75, 3.05) is 25.9 Å². The molecule has 0 aromatic heterocycles. The molecule has 2 aromatic rings. The van der Waals surface area contributed by atoms with Crippen LogP contribution in [-0.4, -0.2) is 40.3 Å². The molecule has 2 aromatic carbocycles. The third-order valence-electron chi connectivity index (χ3n) is 3.67. The summed E-state index contributed by atoms with van der Waals surface area (Å²) in [4.78, 5) is 6.06. The molecule has 146 valence electrons. The van der Waals surface area contributed by atoms with E-state index in [9.17, 15) is 8.42 Å². The van der Waals surface area contributed by atoms with Gasteiger partial charge in [-0.3, -0.25) is 0 Å². The van der Waals surface area contributed by atoms with Gasteiger partial charge in [0.05, 0.1) is 11.4 Å². The van der Waals surface area contributed by atoms with Crippen molar-refractivity contribution >= 4 is 27.7 Å². The van der Waals surface area contributed by atoms with Crippen LogP contribution >= 0.6 is 11.8 Å². The highest BCUT2D eigenvalue weighted by atomic mass is 32.2. The predicted molar refractivity (Wildman–Crippen MR) is 113 cm³/mol. The van der Waals surface area contributed by atoms with Gasteiger partial charge in [-0.15, -0.1) is 11.8 Å². The van der Waals surface area contributed by atoms with Gasteiger partial charge in [0.25, 0.3) is 0 Å². The molecule has 0 heterocycles. The Balaban J connectivity index is 1.87. The molecule has 0 bridgehead atoms. The Morgan fingerprint density at radius 1 is 1.04 bits per heavy atom. The molecule has 6 nitrogen and oxygen atoms in total. The van der Waals surface area contributed by atoms with Crippen molar-refractivity contribution in [3.63, 3.8) is 0 Å². The minimum Gasteiger partial charge on any atom is -0.357 e. The summed E-state index contributed by atoms with van der Waals surface area (Å²) in [6.07, 6.45) is 0. The first-order valence-electron chi connectivity index (χ1n) is 8.77. The lowest BCUT2D eigenvalue weighted by molar-refractivity contribution is 0.588. The fourth-order valence-electron chi connectivity index (χ4n) is 2.26. The lowest BCUT2D eigenvalue weighted by Gasteiger charge is -2.11. The van der Waals surface area contributed by atoms with Crippen LogP contribution in [0.5, 0.6) is 0 Å². The molecular formula is C19H26N4O2S2. The summed E-state index contributed by atoms with van der Waals surface area (Å²) in [5.74, 6) is 1.68. The molecule has 0 saturated heterocycles. The average Bonchev–Trinajstić information content (AvgIpc) is 2.70. The third-order valence-corrected chi connectivity index (χ3v) is 6.12. The lowest BCUT2D eigenvalue weighted by Crippen LogP contribution is -2.38. The van der Waals surface area contributed by atoms with E-state index < -0.39 is 10.0 Å². The van der Waals surface area contributed by atoms with Gasteiger partial charge in [0.15, 0.2) is 5.96 Å². The van der Waals surface area contributed by atoms with E-state index in [0.717, 1.165) is 30.4 Å². The molecule has 0 saturated carbocycles. The van der Waals surface area contributed by atoms with E-state index in [4.69, 9.17) is 0 Å². The standard InChI is InChI=1S/C19H26N4O2S2/c1-3-21-19(22-13-14-26-17-7-5-4-6-8-17)23-15-16-9-11-18(12-10-16)27(24,25)20-2/h4-12,20H,3,13-15H2,1-2H3,(H2,21,22,23). The van der Waals surface area contributed by atoms with Gasteiger partial charge in [0.2, 0.25) is 10.0 Å². The van der Waals surface area contributed by atoms with E-state index >= 15 is 0 Å². The molecular weight excluding hydrogens is 380 g/mol. The van der Waals surface area contributed by atoms with Crippen LogP contribution in [0.25, 0.3) is 0 Å². The summed E-state index contributed by atoms with van der Waals surface area (Å²) in [7, 11) is -2.00. The minimum atomic E-state index is -3.41. The first-order chi connectivity index (χ1) is 13.0. The van der Waals surface area contributed by atoms with Crippen LogP contribution in [0.3, 0.4) is 0 Å². The molecule has 0 aliphatic heterocycles. The predicted octanol–water partition coefficient (Wildman–Crippen LogP) is 2.44. The summed E-state index contributed by atoms with van der Waals surface area (Å²) in [6, 6.07) is 17.0. The van der Waals surface area contributed by atoms with Crippen molar-refractivity contribution in [3.05, 3.63) is 60.2 Å². The van der Waals surface area contributed by atoms with E-state index in [0.29, 0.717) is 6.54 Å². The molecule has 0 aliphatic carbocycles. The SMILES string of the molecule is CCNC(=NCc1ccc(S(=O)(=O)NC)cc1)NCCSc1ccccc1. The van der Waals surface area contributed by atoms with Gasteiger partial charge in [-0.1, -0.05) is 30.3 Å². The maximum Gasteiger partial charge on any atom is 0.240 e. The van der Waals surface area contributed by atoms with Crippen LogP contribution in [0.4, 0.5) is 0 Å². The van der Waals surface area contributed by atoms with Gasteiger partial charge in [-0.05, 0) is 43.8 Å². The monoisotopic (exact) mass is 406 g/mol. The number of aliphatic imine (C=N–C) groups is 1. The molecule has 0 unspecified atom stereocenters. The number of nitrogens with zero attached hydrogens (tertiary/aromatic N) is 1. The number of guanidine groups is 1. The first-order valence-corrected chi connectivity index (χ1v) is 11.2. The van der Waals surface area contributed by atoms with Crippen LogP contribution in [0.2, 0.25) is 0 Å². The van der Waals surface area contributed by atoms with E-state index in [1.54, 1.807) is 36.0 Å². The molecule has 0 radical (unpaired) electrons. The van der Waals surface area contributed by atoms with Gasteiger partial charge >= 0.3 is 0 Å². The topological polar surface area (TPSA) is 82.6 Å². The first kappa shape index (κ1) is 21.3. The largest absolute Gasteiger partial charge is 0.357 e. The van der Waals surface area contributed by atoms with Crippen LogP contribution in [-0.2, 0) is 16.6 Å². The maximum absolute atomic E-state index is 11.8. The number of hydrogen-bond donors (Lipinski definition) is 3. The molecule has 0 spiro atoms. The Bertz CT molecular complexity index is 823. The zero-order valence-electron chi connectivity index (χ0n) is 15.6. The molecule has 0 amide bonds. The highest BCUT2D eigenvalue weighted by Gasteiger charge is 2.10. The Morgan fingerprint density at radius 2 is 1.74 bits per heavy atom. The lowest BCUT2D eigenvalue weighted by atomic mass is 10.2. The molecule has 2 rings (SSSR count). The number of nitrogens with one attached hydrogen (secondary N) is 3. The smallest absolute Gasteiger partial charge is 0.240 e. The zero-order chi connectivity index (χ0) is 19.5. The summed E-state index contributed by atoms with van der Waals surface area (Å²) < 4.78 is 25.8. The van der Waals surface area contributed by atoms with Gasteiger partial charge in [0.1, 0.15) is 0 Å². The molecule has 27 heavy (non-hydrogen) atoms. The van der Waals surface area contributed by atoms with Crippen LogP contribution in [0, 0.1) is 0 Å². The van der Waals surface area contributed by atoms with Crippen LogP contribution < -0.4 is 15.4 Å². The number of benzene rings is 2. The van der Waals surface area contributed by atoms with Crippen LogP contribution in [0.15, 0.2) is 69.4 Å². The Labute approximate surface area is 165 Å². The summed E-state index contributed by atoms with van der Waals surface area (Å²) in [5.41, 5.74) is 0.945. The second-order valence-corrected chi connectivity index (χ2v) is 8.69. The summed E-state index contributed by atoms with van der Waals surface area (Å²) >= 11 is 1.79. The second-order valence-electron chi connectivity index (χ2n) is 5.63. The number of sulfonamides is 1. The van der Waals surface area contributed by atoms with Crippen molar-refractivity contribution in [3.8, 4) is 0 Å². The number of rotatable bonds is 9. The van der Waals surface area contributed by atoms with Gasteiger partial charge < -0.3 is 10.6 Å². The fraction of sp³-hybridized carbons (Fsp3) is 0.316. The van der Waals surface area contributed by atoms with Crippen molar-refractivity contribution in [1.29, 1.82) is 0 Å². The quantitative estimate of drug-likeness (QED) is 0.258. The van der Waals surface area contributed by atoms with Gasteiger partial charge in [-0.25, -0.2) is 18.1 Å². The highest BCUT2D eigenvalue weighted by molar-refractivity contribution is 7.99. The average molecular weight is 407 g/mol. The molecule has 3 N–H and O–H groups in total. The van der Waals surface area contributed by atoms with Crippen molar-refractivity contribution in [2.24, 2.45) is 4.99 Å². The normalized spacial score (nSPS) is 12.0. The van der Waals surface area contributed by atoms with Crippen molar-refractivity contribution < 1.29 is 8.42 Å². The highest BCUT2D eigenvalue weighted by Crippen LogP contribution is 2.15. The maximum atomic E-state index is 11.8. The molecule has 0 aliphatic rings. The number of hydrogen-bond acceptors (Lipinski definition) is 4. The Hall–Kier alpha value is -2.03. The van der Waals surface area contributed by atoms with Crippen LogP contribution in [0.1, 0.15) is 12.5 Å². The van der Waals surface area contributed by atoms with E-state index in [-0.39, 0.29) is 4.90 Å². The molecule has 0 fully saturated rings. The second kappa shape index (κ2) is 11.0. The number of thioether (sulfide) groups is 1. The Kier molecular flexibility index (Phi) is 8.63. The summed E-state index contributed by atoms with van der Waals surface area (Å²) in [6.45, 7) is 4.07. The van der Waals surface area contributed by atoms with Gasteiger partial charge in [-0.2, -0.15) is 0 Å². The van der Waals surface area contributed by atoms with E-state index in [1.165, 1.54) is 11.9 Å². The van der Waals surface area contributed by atoms with E-state index in [1.807, 2.05) is 25.1 Å². The van der Waals surface area contributed by atoms with Gasteiger partial charge in [0, 0.05) is 23.7 Å².